The molecule has 4 fully saturated rings. The lowest BCUT2D eigenvalue weighted by atomic mass is 9.33. The second-order valence-corrected chi connectivity index (χ2v) is 22.3. The van der Waals surface area contributed by atoms with Crippen molar-refractivity contribution in [3.05, 3.63) is 242 Å². The van der Waals surface area contributed by atoms with Crippen LogP contribution >= 0.6 is 0 Å². The van der Waals surface area contributed by atoms with Crippen molar-refractivity contribution in [3.8, 4) is 44.9 Å². The highest BCUT2D eigenvalue weighted by Crippen LogP contribution is 2.62. The van der Waals surface area contributed by atoms with Gasteiger partial charge in [0.15, 0.2) is 11.5 Å². The Morgan fingerprint density at radius 1 is 0.333 bits per heavy atom. The smallest absolute Gasteiger partial charge is 0.252 e. The van der Waals surface area contributed by atoms with Crippen LogP contribution in [0.5, 0.6) is 11.5 Å². The zero-order valence-electron chi connectivity index (χ0n) is 41.8. The minimum Gasteiger partial charge on any atom is -0.453 e. The van der Waals surface area contributed by atoms with Gasteiger partial charge in [-0.3, -0.25) is 0 Å². The molecule has 5 heteroatoms. The molecule has 0 aromatic heterocycles. The van der Waals surface area contributed by atoms with Gasteiger partial charge in [-0.2, -0.15) is 0 Å². The van der Waals surface area contributed by atoms with Crippen molar-refractivity contribution in [2.45, 2.75) is 43.9 Å². The summed E-state index contributed by atoms with van der Waals surface area (Å²) in [7, 11) is 0. The van der Waals surface area contributed by atoms with E-state index in [9.17, 15) is 0 Å². The van der Waals surface area contributed by atoms with E-state index in [-0.39, 0.29) is 12.1 Å². The fourth-order valence-electron chi connectivity index (χ4n) is 15.1. The highest BCUT2D eigenvalue weighted by molar-refractivity contribution is 7.00. The average molecular weight is 964 g/mol. The van der Waals surface area contributed by atoms with Crippen LogP contribution in [0.1, 0.15) is 44.1 Å². The molecule has 17 rings (SSSR count). The Kier molecular flexibility index (Phi) is 9.58. The molecule has 3 aliphatic heterocycles. The first-order valence-corrected chi connectivity index (χ1v) is 27.2. The highest BCUT2D eigenvalue weighted by Gasteiger charge is 2.52. The standard InChI is InChI=1S/C70H54BN3O/c1-4-13-49(14-5-1)52-23-29-56(30-24-52)72-61-35-27-54(51-17-8-3-9-18-51)40-60(61)71-59-34-33-58(42-66(59)73(65-21-12-20-64(72)69(65)71)57-31-25-53(26-32-57)50-15-6-2-7-16-50)74-62-19-10-11-22-67(62)75-68-41-55(28-36-63(68)74)70-43-46-37-47(44-70)39-48(38-46)45-70/h1-36,40-42,46-48H,37-39,43-45H2. The summed E-state index contributed by atoms with van der Waals surface area (Å²) in [6.45, 7) is -0.0503. The lowest BCUT2D eigenvalue weighted by Crippen LogP contribution is -2.61. The summed E-state index contributed by atoms with van der Waals surface area (Å²) in [6.07, 6.45) is 8.27. The maximum atomic E-state index is 6.99. The Labute approximate surface area is 440 Å². The monoisotopic (exact) mass is 963 g/mol. The van der Waals surface area contributed by atoms with Crippen molar-refractivity contribution in [1.29, 1.82) is 0 Å². The molecule has 7 aliphatic rings. The third kappa shape index (κ3) is 6.83. The van der Waals surface area contributed by atoms with Gasteiger partial charge in [0, 0.05) is 39.8 Å². The SMILES string of the molecule is c1ccc(-c2ccc(N3c4ccc(-c5ccccc5)cc4B4c5ccc(N6c7ccccc7Oc7cc(C89CC%10CC(CC(C%10)C8)C9)ccc76)cc5N(c5ccc(-c6ccccc6)cc5)c5cccc3c54)cc2)cc1. The van der Waals surface area contributed by atoms with E-state index >= 15 is 0 Å². The minimum atomic E-state index is -0.0503. The van der Waals surface area contributed by atoms with Crippen molar-refractivity contribution < 1.29 is 4.74 Å². The van der Waals surface area contributed by atoms with E-state index in [1.807, 2.05) is 0 Å². The van der Waals surface area contributed by atoms with Crippen LogP contribution in [0.25, 0.3) is 33.4 Å². The van der Waals surface area contributed by atoms with Gasteiger partial charge in [0.1, 0.15) is 0 Å². The maximum absolute atomic E-state index is 6.99. The highest BCUT2D eigenvalue weighted by atomic mass is 16.5. The zero-order valence-corrected chi connectivity index (χ0v) is 41.8. The number of nitrogens with zero attached hydrogens (tertiary/aromatic N) is 3. The van der Waals surface area contributed by atoms with Crippen LogP contribution in [0.15, 0.2) is 237 Å². The second kappa shape index (κ2) is 16.7. The fourth-order valence-corrected chi connectivity index (χ4v) is 15.1. The van der Waals surface area contributed by atoms with Crippen LogP contribution in [0, 0.1) is 17.8 Å². The quantitative estimate of drug-likeness (QED) is 0.148. The van der Waals surface area contributed by atoms with Crippen molar-refractivity contribution in [3.63, 3.8) is 0 Å². The molecular weight excluding hydrogens is 910 g/mol. The molecular formula is C70H54BN3O. The van der Waals surface area contributed by atoms with Crippen molar-refractivity contribution in [1.82, 2.24) is 0 Å². The predicted octanol–water partition coefficient (Wildman–Crippen LogP) is 16.8. The molecule has 0 saturated heterocycles. The molecule has 358 valence electrons. The molecule has 0 N–H and O–H groups in total. The van der Waals surface area contributed by atoms with E-state index in [1.165, 1.54) is 117 Å². The summed E-state index contributed by atoms with van der Waals surface area (Å²) in [5, 5.41) is 0. The summed E-state index contributed by atoms with van der Waals surface area (Å²) in [5.74, 6) is 4.45. The largest absolute Gasteiger partial charge is 0.453 e. The maximum Gasteiger partial charge on any atom is 0.252 e. The fraction of sp³-hybridized carbons (Fsp3) is 0.143. The molecule has 4 saturated carbocycles. The summed E-state index contributed by atoms with van der Waals surface area (Å²) in [4.78, 5) is 7.50. The summed E-state index contributed by atoms with van der Waals surface area (Å²) in [5.41, 5.74) is 23.1. The Morgan fingerprint density at radius 2 is 0.800 bits per heavy atom. The minimum absolute atomic E-state index is 0.0503. The van der Waals surface area contributed by atoms with Crippen LogP contribution in [-0.4, -0.2) is 6.71 Å². The Hall–Kier alpha value is -8.54. The molecule has 10 aromatic rings. The molecule has 3 heterocycles. The van der Waals surface area contributed by atoms with Gasteiger partial charge in [-0.1, -0.05) is 158 Å². The number of fused-ring (bicyclic) bond motifs is 6. The number of hydrogen-bond donors (Lipinski definition) is 0. The molecule has 0 unspecified atom stereocenters. The molecule has 0 radical (unpaired) electrons. The number of rotatable bonds is 7. The third-order valence-electron chi connectivity index (χ3n) is 18.0. The zero-order chi connectivity index (χ0) is 49.2. The first-order valence-electron chi connectivity index (χ1n) is 27.2. The van der Waals surface area contributed by atoms with E-state index in [0.717, 1.165) is 57.7 Å². The van der Waals surface area contributed by atoms with Crippen LogP contribution in [0.4, 0.5) is 51.2 Å². The lowest BCUT2D eigenvalue weighted by Gasteiger charge is -2.57. The second-order valence-electron chi connectivity index (χ2n) is 22.3. The summed E-state index contributed by atoms with van der Waals surface area (Å²) in [6, 6.07) is 87.9. The lowest BCUT2D eigenvalue weighted by molar-refractivity contribution is -0.00525. The van der Waals surface area contributed by atoms with E-state index in [4.69, 9.17) is 4.74 Å². The number of para-hydroxylation sites is 2. The molecule has 10 aromatic carbocycles. The third-order valence-corrected chi connectivity index (χ3v) is 18.0. The van der Waals surface area contributed by atoms with E-state index < -0.39 is 0 Å². The molecule has 0 amide bonds. The Morgan fingerprint density at radius 3 is 1.41 bits per heavy atom. The van der Waals surface area contributed by atoms with Crippen LogP contribution in [0.3, 0.4) is 0 Å². The van der Waals surface area contributed by atoms with Gasteiger partial charge in [-0.15, -0.1) is 0 Å². The number of benzene rings is 10. The molecule has 75 heavy (non-hydrogen) atoms. The van der Waals surface area contributed by atoms with Gasteiger partial charge in [-0.05, 0) is 196 Å². The first-order chi connectivity index (χ1) is 37.1. The Bertz CT molecular complexity index is 3820. The van der Waals surface area contributed by atoms with Gasteiger partial charge in [0.05, 0.1) is 11.4 Å². The van der Waals surface area contributed by atoms with E-state index in [2.05, 4.69) is 251 Å². The number of ether oxygens (including phenoxy) is 1. The average Bonchev–Trinajstić information content (AvgIpc) is 3.54. The molecule has 0 spiro atoms. The predicted molar refractivity (Wildman–Crippen MR) is 311 cm³/mol. The van der Waals surface area contributed by atoms with Crippen LogP contribution in [-0.2, 0) is 5.41 Å². The molecule has 4 aliphatic carbocycles. The summed E-state index contributed by atoms with van der Waals surface area (Å²) >= 11 is 0. The van der Waals surface area contributed by atoms with Gasteiger partial charge in [-0.25, -0.2) is 0 Å². The van der Waals surface area contributed by atoms with Crippen molar-refractivity contribution in [2.75, 3.05) is 14.7 Å². The van der Waals surface area contributed by atoms with Crippen molar-refractivity contribution in [2.24, 2.45) is 17.8 Å². The van der Waals surface area contributed by atoms with E-state index in [0.29, 0.717) is 0 Å². The van der Waals surface area contributed by atoms with Gasteiger partial charge in [0.2, 0.25) is 0 Å². The van der Waals surface area contributed by atoms with E-state index in [1.54, 1.807) is 0 Å². The number of anilines is 9. The summed E-state index contributed by atoms with van der Waals surface area (Å²) < 4.78 is 6.99. The topological polar surface area (TPSA) is 19.0 Å². The normalized spacial score (nSPS) is 20.1. The molecule has 0 atom stereocenters. The van der Waals surface area contributed by atoms with Gasteiger partial charge >= 0.3 is 0 Å². The van der Waals surface area contributed by atoms with Gasteiger partial charge in [0.25, 0.3) is 6.71 Å². The number of hydrogen-bond acceptors (Lipinski definition) is 4. The molecule has 4 bridgehead atoms. The van der Waals surface area contributed by atoms with Crippen LogP contribution < -0.4 is 35.8 Å². The molecule has 4 nitrogen and oxygen atoms in total. The van der Waals surface area contributed by atoms with Gasteiger partial charge < -0.3 is 19.4 Å². The Balaban J connectivity index is 0.893. The van der Waals surface area contributed by atoms with Crippen molar-refractivity contribution >= 4 is 74.3 Å². The van der Waals surface area contributed by atoms with Crippen LogP contribution in [0.2, 0.25) is 0 Å². The first kappa shape index (κ1) is 42.9.